The van der Waals surface area contributed by atoms with Crippen molar-refractivity contribution in [1.82, 2.24) is 15.1 Å². The molecule has 4 nitrogen and oxygen atoms in total. The molecule has 0 unspecified atom stereocenters. The van der Waals surface area contributed by atoms with Gasteiger partial charge in [-0.05, 0) is 49.7 Å². The second-order valence-corrected chi connectivity index (χ2v) is 4.80. The van der Waals surface area contributed by atoms with E-state index in [1.54, 1.807) is 7.11 Å². The highest BCUT2D eigenvalue weighted by Gasteiger charge is 2.13. The molecule has 1 heterocycles. The second kappa shape index (κ2) is 5.45. The van der Waals surface area contributed by atoms with Crippen LogP contribution in [0.2, 0.25) is 0 Å². The summed E-state index contributed by atoms with van der Waals surface area (Å²) < 4.78 is 7.29. The maximum atomic E-state index is 5.37. The third-order valence-corrected chi connectivity index (χ3v) is 3.44. The molecule has 0 fully saturated rings. The first kappa shape index (κ1) is 13.6. The van der Waals surface area contributed by atoms with Crippen LogP contribution < -0.4 is 10.1 Å². The number of hydrogen-bond acceptors (Lipinski definition) is 3. The van der Waals surface area contributed by atoms with Gasteiger partial charge in [0.25, 0.3) is 0 Å². The smallest absolute Gasteiger partial charge is 0.122 e. The lowest BCUT2D eigenvalue weighted by atomic mass is 9.98. The first-order chi connectivity index (χ1) is 9.08. The normalized spacial score (nSPS) is 10.8. The molecule has 0 atom stereocenters. The Labute approximate surface area is 114 Å². The zero-order valence-corrected chi connectivity index (χ0v) is 12.2. The quantitative estimate of drug-likeness (QED) is 0.916. The van der Waals surface area contributed by atoms with Crippen LogP contribution in [0.4, 0.5) is 0 Å². The summed E-state index contributed by atoms with van der Waals surface area (Å²) in [5.74, 6) is 0.931. The van der Waals surface area contributed by atoms with Crippen LogP contribution >= 0.6 is 0 Å². The molecule has 0 bridgehead atoms. The Bertz CT molecular complexity index is 587. The van der Waals surface area contributed by atoms with Crippen molar-refractivity contribution in [2.24, 2.45) is 7.05 Å². The molecule has 0 aliphatic carbocycles. The van der Waals surface area contributed by atoms with Crippen molar-refractivity contribution < 1.29 is 4.74 Å². The van der Waals surface area contributed by atoms with E-state index in [0.717, 1.165) is 17.9 Å². The number of aromatic nitrogens is 2. The van der Waals surface area contributed by atoms with Gasteiger partial charge in [-0.3, -0.25) is 4.68 Å². The summed E-state index contributed by atoms with van der Waals surface area (Å²) in [6.45, 7) is 4.97. The van der Waals surface area contributed by atoms with E-state index in [1.165, 1.54) is 22.4 Å². The Morgan fingerprint density at radius 1 is 1.21 bits per heavy atom. The van der Waals surface area contributed by atoms with Gasteiger partial charge in [0.05, 0.1) is 19.0 Å². The average Bonchev–Trinajstić information content (AvgIpc) is 2.74. The Balaban J connectivity index is 2.56. The van der Waals surface area contributed by atoms with Crippen LogP contribution in [0.1, 0.15) is 16.8 Å². The van der Waals surface area contributed by atoms with Gasteiger partial charge in [0.2, 0.25) is 0 Å². The van der Waals surface area contributed by atoms with Crippen LogP contribution in [0.5, 0.6) is 5.75 Å². The monoisotopic (exact) mass is 259 g/mol. The molecule has 0 aliphatic heterocycles. The molecule has 0 aliphatic rings. The molecule has 4 heteroatoms. The van der Waals surface area contributed by atoms with Crippen LogP contribution in [0.15, 0.2) is 18.3 Å². The van der Waals surface area contributed by atoms with Gasteiger partial charge in [0.1, 0.15) is 5.75 Å². The van der Waals surface area contributed by atoms with Gasteiger partial charge in [0, 0.05) is 19.2 Å². The highest BCUT2D eigenvalue weighted by molar-refractivity contribution is 5.71. The summed E-state index contributed by atoms with van der Waals surface area (Å²) in [4.78, 5) is 0. The third kappa shape index (κ3) is 2.49. The number of methoxy groups -OCH3 is 1. The number of nitrogens with one attached hydrogen (secondary N) is 1. The van der Waals surface area contributed by atoms with Crippen LogP contribution in [0.25, 0.3) is 11.1 Å². The van der Waals surface area contributed by atoms with Crippen molar-refractivity contribution in [2.75, 3.05) is 14.2 Å². The van der Waals surface area contributed by atoms with E-state index in [1.807, 2.05) is 25.0 Å². The lowest BCUT2D eigenvalue weighted by molar-refractivity contribution is 0.411. The van der Waals surface area contributed by atoms with E-state index in [-0.39, 0.29) is 0 Å². The van der Waals surface area contributed by atoms with Crippen LogP contribution in [-0.4, -0.2) is 23.9 Å². The van der Waals surface area contributed by atoms with Crippen LogP contribution in [0, 0.1) is 13.8 Å². The lowest BCUT2D eigenvalue weighted by Crippen LogP contribution is -2.10. The predicted octanol–water partition coefficient (Wildman–Crippen LogP) is 2.43. The second-order valence-electron chi connectivity index (χ2n) is 4.80. The SMILES string of the molecule is CNCc1c(-c2cc(C)c(OC)cc2C)cnn1C. The lowest BCUT2D eigenvalue weighted by Gasteiger charge is -2.12. The molecule has 2 aromatic rings. The fourth-order valence-electron chi connectivity index (χ4n) is 2.36. The molecular weight excluding hydrogens is 238 g/mol. The van der Waals surface area contributed by atoms with E-state index in [2.05, 4.69) is 36.4 Å². The molecule has 19 heavy (non-hydrogen) atoms. The van der Waals surface area contributed by atoms with E-state index in [4.69, 9.17) is 4.74 Å². The Kier molecular flexibility index (Phi) is 3.90. The van der Waals surface area contributed by atoms with Gasteiger partial charge in [0.15, 0.2) is 0 Å². The summed E-state index contributed by atoms with van der Waals surface area (Å²) in [6, 6.07) is 4.26. The first-order valence-corrected chi connectivity index (χ1v) is 6.39. The maximum absolute atomic E-state index is 5.37. The zero-order valence-electron chi connectivity index (χ0n) is 12.2. The van der Waals surface area contributed by atoms with Crippen LogP contribution in [0.3, 0.4) is 0 Å². The molecule has 2 rings (SSSR count). The van der Waals surface area contributed by atoms with E-state index in [0.29, 0.717) is 0 Å². The molecule has 1 aromatic heterocycles. The summed E-state index contributed by atoms with van der Waals surface area (Å²) in [5, 5.41) is 7.56. The fraction of sp³-hybridized carbons (Fsp3) is 0.400. The number of benzene rings is 1. The molecular formula is C15H21N3O. The summed E-state index contributed by atoms with van der Waals surface area (Å²) in [6.07, 6.45) is 1.93. The van der Waals surface area contributed by atoms with Crippen molar-refractivity contribution in [3.63, 3.8) is 0 Å². The molecule has 0 saturated heterocycles. The molecule has 0 radical (unpaired) electrons. The van der Waals surface area contributed by atoms with E-state index >= 15 is 0 Å². The largest absolute Gasteiger partial charge is 0.496 e. The molecule has 0 saturated carbocycles. The van der Waals surface area contributed by atoms with Gasteiger partial charge >= 0.3 is 0 Å². The number of ether oxygens (including phenoxy) is 1. The summed E-state index contributed by atoms with van der Waals surface area (Å²) in [7, 11) is 5.63. The van der Waals surface area contributed by atoms with Crippen molar-refractivity contribution in [1.29, 1.82) is 0 Å². The van der Waals surface area contributed by atoms with Gasteiger partial charge in [-0.2, -0.15) is 5.10 Å². The van der Waals surface area contributed by atoms with Crippen molar-refractivity contribution >= 4 is 0 Å². The summed E-state index contributed by atoms with van der Waals surface area (Å²) in [5.41, 5.74) is 5.93. The number of rotatable bonds is 4. The molecule has 0 amide bonds. The van der Waals surface area contributed by atoms with Gasteiger partial charge in [-0.25, -0.2) is 0 Å². The number of hydrogen-bond donors (Lipinski definition) is 1. The van der Waals surface area contributed by atoms with Crippen molar-refractivity contribution in [3.8, 4) is 16.9 Å². The Morgan fingerprint density at radius 3 is 2.58 bits per heavy atom. The van der Waals surface area contributed by atoms with Gasteiger partial charge in [-0.15, -0.1) is 0 Å². The highest BCUT2D eigenvalue weighted by atomic mass is 16.5. The Morgan fingerprint density at radius 2 is 1.95 bits per heavy atom. The highest BCUT2D eigenvalue weighted by Crippen LogP contribution is 2.31. The number of aryl methyl sites for hydroxylation is 3. The molecule has 1 N–H and O–H groups in total. The van der Waals surface area contributed by atoms with E-state index in [9.17, 15) is 0 Å². The molecule has 0 spiro atoms. The topological polar surface area (TPSA) is 39.1 Å². The van der Waals surface area contributed by atoms with Crippen LogP contribution in [-0.2, 0) is 13.6 Å². The summed E-state index contributed by atoms with van der Waals surface area (Å²) >= 11 is 0. The standard InChI is InChI=1S/C15H21N3O/c1-10-7-15(19-5)11(2)6-12(10)13-8-17-18(4)14(13)9-16-3/h6-8,16H,9H2,1-5H3. The third-order valence-electron chi connectivity index (χ3n) is 3.44. The first-order valence-electron chi connectivity index (χ1n) is 6.39. The minimum atomic E-state index is 0.802. The maximum Gasteiger partial charge on any atom is 0.122 e. The Hall–Kier alpha value is -1.81. The number of nitrogens with zero attached hydrogens (tertiary/aromatic N) is 2. The van der Waals surface area contributed by atoms with Crippen molar-refractivity contribution in [3.05, 3.63) is 35.2 Å². The van der Waals surface area contributed by atoms with Gasteiger partial charge in [-0.1, -0.05) is 0 Å². The van der Waals surface area contributed by atoms with Gasteiger partial charge < -0.3 is 10.1 Å². The molecule has 1 aromatic carbocycles. The predicted molar refractivity (Wildman–Crippen MR) is 77.4 cm³/mol. The minimum absolute atomic E-state index is 0.802. The zero-order chi connectivity index (χ0) is 14.0. The minimum Gasteiger partial charge on any atom is -0.496 e. The average molecular weight is 259 g/mol. The fourth-order valence-corrected chi connectivity index (χ4v) is 2.36. The molecule has 102 valence electrons. The van der Waals surface area contributed by atoms with E-state index < -0.39 is 0 Å². The van der Waals surface area contributed by atoms with Crippen molar-refractivity contribution in [2.45, 2.75) is 20.4 Å².